The SMILES string of the molecule is CCCCC/C=C\C/C=C\CCCCCCCC(=O)OC(CO)CO.CCCCC/C=C\C/C=C\CCCCCCCC(=O)O[C@H](COC(=O)CCCCCCC/C=C\CCCCCCCC)COP(=O)(OCCN)OP(=O)(O)OCCNC(c1ccccc1)(c1ccccc1)c1ccccc1. The Balaban J connectivity index is 0.00000119. The van der Waals surface area contributed by atoms with Gasteiger partial charge in [-0.3, -0.25) is 33.3 Å². The smallest absolute Gasteiger partial charge is 0.462 e. The van der Waals surface area contributed by atoms with Crippen LogP contribution in [0.15, 0.2) is 152 Å². The van der Waals surface area contributed by atoms with Crippen LogP contribution in [-0.2, 0) is 61.1 Å². The van der Waals surface area contributed by atoms with Gasteiger partial charge in [0.2, 0.25) is 0 Å². The van der Waals surface area contributed by atoms with Gasteiger partial charge in [-0.15, -0.1) is 0 Å². The Morgan fingerprint density at radius 1 is 0.431 bits per heavy atom. The number of unbranched alkanes of at least 4 members (excludes halogenated alkanes) is 27. The highest BCUT2D eigenvalue weighted by atomic mass is 31.3. The van der Waals surface area contributed by atoms with Crippen molar-refractivity contribution < 1.29 is 70.7 Å². The highest BCUT2D eigenvalue weighted by Crippen LogP contribution is 2.63. The molecule has 3 atom stereocenters. The molecule has 0 heterocycles. The molecule has 0 aliphatic heterocycles. The fraction of sp³-hybridized carbons (Fsp3) is 0.627. The number of phosphoric acid groups is 2. The van der Waals surface area contributed by atoms with Crippen LogP contribution < -0.4 is 11.1 Å². The lowest BCUT2D eigenvalue weighted by Gasteiger charge is -2.37. The summed E-state index contributed by atoms with van der Waals surface area (Å²) in [6.07, 6.45) is 59.9. The van der Waals surface area contributed by atoms with Crippen molar-refractivity contribution in [2.24, 2.45) is 5.73 Å². The average Bonchev–Trinajstić information content (AvgIpc) is 0.760. The summed E-state index contributed by atoms with van der Waals surface area (Å²) in [5.41, 5.74) is 7.54. The van der Waals surface area contributed by atoms with Crippen LogP contribution in [0.25, 0.3) is 0 Å². The Hall–Kier alpha value is -5.13. The number of ether oxygens (including phenoxy) is 3. The number of aliphatic hydroxyl groups excluding tert-OH is 2. The minimum absolute atomic E-state index is 0.0382. The molecule has 0 saturated heterocycles. The van der Waals surface area contributed by atoms with Crippen molar-refractivity contribution in [3.05, 3.63) is 168 Å². The predicted molar refractivity (Wildman–Crippen MR) is 416 cm³/mol. The molecule has 6 N–H and O–H groups in total. The molecule has 0 aliphatic rings. The third kappa shape index (κ3) is 48.8. The van der Waals surface area contributed by atoms with Gasteiger partial charge in [0, 0.05) is 32.4 Å². The Morgan fingerprint density at radius 2 is 0.775 bits per heavy atom. The van der Waals surface area contributed by atoms with Crippen LogP contribution in [0.1, 0.15) is 281 Å². The first-order valence-corrected chi connectivity index (χ1v) is 42.0. The van der Waals surface area contributed by atoms with Crippen LogP contribution >= 0.6 is 15.6 Å². The lowest BCUT2D eigenvalue weighted by molar-refractivity contribution is -0.161. The third-order valence-electron chi connectivity index (χ3n) is 17.1. The van der Waals surface area contributed by atoms with E-state index in [2.05, 4.69) is 86.8 Å². The van der Waals surface area contributed by atoms with E-state index in [9.17, 15) is 28.4 Å². The Morgan fingerprint density at radius 3 is 1.17 bits per heavy atom. The molecule has 3 aromatic carbocycles. The molecular formula is C83H134N2O15P2. The van der Waals surface area contributed by atoms with Crippen LogP contribution in [0.2, 0.25) is 0 Å². The van der Waals surface area contributed by atoms with E-state index in [4.69, 9.17) is 48.0 Å². The predicted octanol–water partition coefficient (Wildman–Crippen LogP) is 20.8. The molecule has 19 heteroatoms. The second-order valence-electron chi connectivity index (χ2n) is 26.1. The zero-order valence-corrected chi connectivity index (χ0v) is 64.6. The first-order chi connectivity index (χ1) is 49.8. The molecule has 0 amide bonds. The standard InChI is InChI=1S/C62H96N2O11P2.C21H38O4/c1-3-5-7-9-11-13-15-17-19-21-23-25-27-29-40-48-60(65)70-54-59(74-61(66)49-41-30-28-26-24-22-20-18-16-14-12-10-8-6-4-2)55-73-77(69,72-52-50-63)75-76(67,68)71-53-51-64-62(56-42-34-31-35-43-56,57-44-36-32-37-45-57)58-46-38-33-39-47-58;1-2-3-4-5-6-7-8-9-10-11-12-13-14-15-16-17-21(24)25-20(18-22)19-23/h12,14,17-20,31-39,42-47,59,64H,3-11,13,15-16,21-30,40-41,48-55,63H2,1-2H3,(H,67,68);6-7,9-10,20,22-23H,2-5,8,11-19H2,1H3/b14-12-,19-17-,20-18-;7-6-,10-9-/t59-,77?;/m1./s1. The summed E-state index contributed by atoms with van der Waals surface area (Å²) in [5, 5.41) is 21.2. The maximum absolute atomic E-state index is 14.1. The number of hydrogen-bond donors (Lipinski definition) is 5. The van der Waals surface area contributed by atoms with Crippen LogP contribution in [-0.4, -0.2) is 98.0 Å². The van der Waals surface area contributed by atoms with Crippen molar-refractivity contribution in [3.8, 4) is 0 Å². The summed E-state index contributed by atoms with van der Waals surface area (Å²) in [6.45, 7) is 4.16. The number of carbonyl (C=O) groups excluding carboxylic acids is 3. The molecule has 0 aromatic heterocycles. The number of carbonyl (C=O) groups is 3. The molecule has 3 rings (SSSR count). The lowest BCUT2D eigenvalue weighted by atomic mass is 9.77. The number of rotatable bonds is 65. The van der Waals surface area contributed by atoms with Crippen molar-refractivity contribution in [3.63, 3.8) is 0 Å². The molecular weight excluding hydrogens is 1330 g/mol. The fourth-order valence-corrected chi connectivity index (χ4v) is 14.0. The summed E-state index contributed by atoms with van der Waals surface area (Å²) in [5.74, 6) is -1.37. The maximum atomic E-state index is 14.1. The van der Waals surface area contributed by atoms with E-state index in [1.54, 1.807) is 0 Å². The minimum atomic E-state index is -5.14. The second kappa shape index (κ2) is 64.3. The number of nitrogens with one attached hydrogen (secondary N) is 1. The third-order valence-corrected chi connectivity index (χ3v) is 20.2. The largest absolute Gasteiger partial charge is 0.483 e. The summed E-state index contributed by atoms with van der Waals surface area (Å²) in [4.78, 5) is 48.5. The first kappa shape index (κ1) is 93.0. The Labute approximate surface area is 615 Å². The van der Waals surface area contributed by atoms with Gasteiger partial charge in [0.05, 0.1) is 38.6 Å². The average molecular weight is 1460 g/mol. The molecule has 0 saturated carbocycles. The van der Waals surface area contributed by atoms with Crippen molar-refractivity contribution in [1.82, 2.24) is 5.32 Å². The number of allylic oxidation sites excluding steroid dienone is 10. The number of aliphatic hydroxyl groups is 2. The Kier molecular flexibility index (Phi) is 58.6. The topological polar surface area (TPSA) is 249 Å². The van der Waals surface area contributed by atoms with E-state index >= 15 is 0 Å². The summed E-state index contributed by atoms with van der Waals surface area (Å²) in [7, 11) is -10.1. The zero-order valence-electron chi connectivity index (χ0n) is 62.8. The van der Waals surface area contributed by atoms with E-state index in [0.717, 1.165) is 132 Å². The van der Waals surface area contributed by atoms with Gasteiger partial charge in [0.15, 0.2) is 6.10 Å². The highest BCUT2D eigenvalue weighted by molar-refractivity contribution is 7.61. The highest BCUT2D eigenvalue weighted by Gasteiger charge is 2.40. The van der Waals surface area contributed by atoms with Crippen molar-refractivity contribution in [1.29, 1.82) is 0 Å². The van der Waals surface area contributed by atoms with Gasteiger partial charge in [0.1, 0.15) is 12.7 Å². The van der Waals surface area contributed by atoms with Crippen LogP contribution in [0, 0.1) is 0 Å². The lowest BCUT2D eigenvalue weighted by Crippen LogP contribution is -2.46. The van der Waals surface area contributed by atoms with Gasteiger partial charge in [-0.1, -0.05) is 288 Å². The molecule has 102 heavy (non-hydrogen) atoms. The second-order valence-corrected chi connectivity index (χ2v) is 29.4. The molecule has 17 nitrogen and oxygen atoms in total. The molecule has 0 fully saturated rings. The van der Waals surface area contributed by atoms with E-state index in [1.807, 2.05) is 91.0 Å². The van der Waals surface area contributed by atoms with Crippen molar-refractivity contribution >= 4 is 33.6 Å². The molecule has 2 unspecified atom stereocenters. The summed E-state index contributed by atoms with van der Waals surface area (Å²) in [6, 6.07) is 29.4. The zero-order chi connectivity index (χ0) is 74.0. The van der Waals surface area contributed by atoms with E-state index in [1.165, 1.54) is 96.3 Å². The van der Waals surface area contributed by atoms with Crippen molar-refractivity contribution in [2.45, 2.75) is 283 Å². The van der Waals surface area contributed by atoms with Crippen LogP contribution in [0.5, 0.6) is 0 Å². The number of nitrogens with two attached hydrogens (primary N) is 1. The number of benzene rings is 3. The van der Waals surface area contributed by atoms with Crippen LogP contribution in [0.3, 0.4) is 0 Å². The van der Waals surface area contributed by atoms with Gasteiger partial charge in [-0.2, -0.15) is 4.31 Å². The van der Waals surface area contributed by atoms with Crippen LogP contribution in [0.4, 0.5) is 0 Å². The fourth-order valence-electron chi connectivity index (χ4n) is 11.3. The maximum Gasteiger partial charge on any atom is 0.483 e. The number of hydrogen-bond acceptors (Lipinski definition) is 16. The quantitative estimate of drug-likeness (QED) is 0.00880. The monoisotopic (exact) mass is 1460 g/mol. The van der Waals surface area contributed by atoms with Gasteiger partial charge in [0.25, 0.3) is 0 Å². The molecule has 0 bridgehead atoms. The number of esters is 3. The van der Waals surface area contributed by atoms with E-state index in [0.29, 0.717) is 19.3 Å². The molecule has 0 radical (unpaired) electrons. The number of phosphoric ester groups is 2. The van der Waals surface area contributed by atoms with E-state index in [-0.39, 0.29) is 58.3 Å². The summed E-state index contributed by atoms with van der Waals surface area (Å²) < 4.78 is 65.2. The van der Waals surface area contributed by atoms with Gasteiger partial charge in [-0.25, -0.2) is 9.13 Å². The van der Waals surface area contributed by atoms with E-state index < -0.39 is 58.5 Å². The van der Waals surface area contributed by atoms with Crippen molar-refractivity contribution in [2.75, 3.05) is 52.7 Å². The van der Waals surface area contributed by atoms with Gasteiger partial charge >= 0.3 is 33.6 Å². The molecule has 3 aromatic rings. The Bertz CT molecular complexity index is 2650. The molecule has 0 aliphatic carbocycles. The molecule has 576 valence electrons. The summed E-state index contributed by atoms with van der Waals surface area (Å²) >= 11 is 0. The first-order valence-electron chi connectivity index (χ1n) is 39.0. The molecule has 0 spiro atoms. The van der Waals surface area contributed by atoms with Gasteiger partial charge in [-0.05, 0) is 126 Å². The normalized spacial score (nSPS) is 13.5. The van der Waals surface area contributed by atoms with Gasteiger partial charge < -0.3 is 35.1 Å². The minimum Gasteiger partial charge on any atom is -0.462 e.